The third kappa shape index (κ3) is 4.24. The highest BCUT2D eigenvalue weighted by Gasteiger charge is 2.27. The second-order valence-electron chi connectivity index (χ2n) is 6.16. The monoisotopic (exact) mass is 359 g/mol. The van der Waals surface area contributed by atoms with E-state index >= 15 is 0 Å². The lowest BCUT2D eigenvalue weighted by Gasteiger charge is -2.31. The van der Waals surface area contributed by atoms with E-state index in [1.807, 2.05) is 24.3 Å². The van der Waals surface area contributed by atoms with Crippen molar-refractivity contribution in [3.8, 4) is 0 Å². The van der Waals surface area contributed by atoms with Crippen LogP contribution in [0.2, 0.25) is 0 Å². The van der Waals surface area contributed by atoms with Crippen molar-refractivity contribution >= 4 is 21.6 Å². The Morgan fingerprint density at radius 3 is 2.64 bits per heavy atom. The number of fused-ring (bicyclic) bond motifs is 1. The van der Waals surface area contributed by atoms with Crippen molar-refractivity contribution in [3.05, 3.63) is 59.9 Å². The van der Waals surface area contributed by atoms with Crippen LogP contribution < -0.4 is 4.90 Å². The molecule has 0 saturated heterocycles. The minimum Gasteiger partial charge on any atom is -0.311 e. The standard InChI is InChI=1S/C18H21N3O3S/c1-25(23,24)20(13-15-8-10-19-11-9-15)14-18(22)21-12-4-6-16-5-2-3-7-17(16)21/h2-3,5,7-11H,4,6,12-14H2,1H3. The van der Waals surface area contributed by atoms with E-state index in [0.29, 0.717) is 6.54 Å². The molecule has 0 radical (unpaired) electrons. The van der Waals surface area contributed by atoms with Crippen molar-refractivity contribution in [2.24, 2.45) is 0 Å². The van der Waals surface area contributed by atoms with Gasteiger partial charge in [0, 0.05) is 31.2 Å². The summed E-state index contributed by atoms with van der Waals surface area (Å²) in [6.45, 7) is 0.598. The Kier molecular flexibility index (Phi) is 5.15. The normalized spacial score (nSPS) is 14.4. The van der Waals surface area contributed by atoms with Crippen molar-refractivity contribution in [2.75, 3.05) is 24.2 Å². The van der Waals surface area contributed by atoms with Crippen molar-refractivity contribution in [2.45, 2.75) is 19.4 Å². The molecule has 0 saturated carbocycles. The van der Waals surface area contributed by atoms with E-state index in [1.54, 1.807) is 29.4 Å². The summed E-state index contributed by atoms with van der Waals surface area (Å²) in [5.41, 5.74) is 2.81. The Morgan fingerprint density at radius 1 is 1.20 bits per heavy atom. The van der Waals surface area contributed by atoms with Gasteiger partial charge in [-0.05, 0) is 42.2 Å². The fourth-order valence-corrected chi connectivity index (χ4v) is 3.74. The number of carbonyl (C=O) groups is 1. The number of carbonyl (C=O) groups excluding carboxylic acids is 1. The van der Waals surface area contributed by atoms with E-state index in [1.165, 1.54) is 4.31 Å². The Balaban J connectivity index is 1.80. The predicted octanol–water partition coefficient (Wildman–Crippen LogP) is 1.82. The van der Waals surface area contributed by atoms with E-state index in [0.717, 1.165) is 35.9 Å². The van der Waals surface area contributed by atoms with Crippen molar-refractivity contribution in [1.82, 2.24) is 9.29 Å². The number of sulfonamides is 1. The molecule has 0 fully saturated rings. The summed E-state index contributed by atoms with van der Waals surface area (Å²) in [7, 11) is -3.51. The average Bonchev–Trinajstić information content (AvgIpc) is 2.60. The first-order valence-electron chi connectivity index (χ1n) is 8.17. The van der Waals surface area contributed by atoms with Gasteiger partial charge >= 0.3 is 0 Å². The molecule has 7 heteroatoms. The average molecular weight is 359 g/mol. The quantitative estimate of drug-likeness (QED) is 0.816. The van der Waals surface area contributed by atoms with Crippen LogP contribution in [0.3, 0.4) is 0 Å². The molecule has 0 unspecified atom stereocenters. The van der Waals surface area contributed by atoms with Gasteiger partial charge in [0.05, 0.1) is 12.8 Å². The van der Waals surface area contributed by atoms with Gasteiger partial charge in [-0.1, -0.05) is 18.2 Å². The predicted molar refractivity (Wildman–Crippen MR) is 96.6 cm³/mol. The van der Waals surface area contributed by atoms with Crippen molar-refractivity contribution in [3.63, 3.8) is 0 Å². The molecule has 0 N–H and O–H groups in total. The largest absolute Gasteiger partial charge is 0.311 e. The van der Waals surface area contributed by atoms with Crippen LogP contribution in [0.4, 0.5) is 5.69 Å². The third-order valence-corrected chi connectivity index (χ3v) is 5.50. The number of benzene rings is 1. The smallest absolute Gasteiger partial charge is 0.242 e. The Labute approximate surface area is 148 Å². The van der Waals surface area contributed by atoms with Gasteiger partial charge in [-0.15, -0.1) is 0 Å². The van der Waals surface area contributed by atoms with E-state index in [4.69, 9.17) is 0 Å². The van der Waals surface area contributed by atoms with Crippen LogP contribution in [0.25, 0.3) is 0 Å². The van der Waals surface area contributed by atoms with Crippen LogP contribution in [-0.2, 0) is 27.8 Å². The summed E-state index contributed by atoms with van der Waals surface area (Å²) in [6, 6.07) is 11.3. The Morgan fingerprint density at radius 2 is 1.92 bits per heavy atom. The van der Waals surface area contributed by atoms with E-state index in [9.17, 15) is 13.2 Å². The number of pyridine rings is 1. The van der Waals surface area contributed by atoms with E-state index in [2.05, 4.69) is 4.98 Å². The van der Waals surface area contributed by atoms with Crippen LogP contribution in [-0.4, -0.2) is 43.0 Å². The molecular weight excluding hydrogens is 338 g/mol. The van der Waals surface area contributed by atoms with Crippen LogP contribution in [0.15, 0.2) is 48.8 Å². The summed E-state index contributed by atoms with van der Waals surface area (Å²) in [5, 5.41) is 0. The molecular formula is C18H21N3O3S. The maximum atomic E-state index is 12.8. The highest BCUT2D eigenvalue weighted by molar-refractivity contribution is 7.88. The van der Waals surface area contributed by atoms with Gasteiger partial charge in [-0.3, -0.25) is 9.78 Å². The second kappa shape index (κ2) is 7.33. The fourth-order valence-electron chi connectivity index (χ4n) is 3.01. The minimum atomic E-state index is -3.51. The zero-order valence-electron chi connectivity index (χ0n) is 14.1. The molecule has 0 spiro atoms. The lowest BCUT2D eigenvalue weighted by Crippen LogP contribution is -2.44. The molecule has 132 valence electrons. The summed E-state index contributed by atoms with van der Waals surface area (Å²) in [5.74, 6) is -0.202. The van der Waals surface area contributed by atoms with Gasteiger partial charge in [-0.2, -0.15) is 4.31 Å². The Hall–Kier alpha value is -2.25. The number of para-hydroxylation sites is 1. The molecule has 25 heavy (non-hydrogen) atoms. The zero-order chi connectivity index (χ0) is 17.9. The number of hydrogen-bond donors (Lipinski definition) is 0. The fraction of sp³-hybridized carbons (Fsp3) is 0.333. The molecule has 0 aliphatic carbocycles. The zero-order valence-corrected chi connectivity index (χ0v) is 14.9. The number of amides is 1. The SMILES string of the molecule is CS(=O)(=O)N(CC(=O)N1CCCc2ccccc21)Cc1ccncc1. The summed E-state index contributed by atoms with van der Waals surface area (Å²) in [6.07, 6.45) is 6.17. The van der Waals surface area contributed by atoms with Crippen molar-refractivity contribution < 1.29 is 13.2 Å². The lowest BCUT2D eigenvalue weighted by atomic mass is 10.0. The lowest BCUT2D eigenvalue weighted by molar-refractivity contribution is -0.119. The van der Waals surface area contributed by atoms with Gasteiger partial charge in [-0.25, -0.2) is 8.42 Å². The number of aryl methyl sites for hydroxylation is 1. The number of rotatable bonds is 5. The van der Waals surface area contributed by atoms with Crippen LogP contribution in [0.5, 0.6) is 0 Å². The second-order valence-corrected chi connectivity index (χ2v) is 8.15. The molecule has 0 atom stereocenters. The van der Waals surface area contributed by atoms with Gasteiger partial charge in [0.25, 0.3) is 0 Å². The molecule has 1 aromatic carbocycles. The number of aromatic nitrogens is 1. The van der Waals surface area contributed by atoms with E-state index in [-0.39, 0.29) is 19.0 Å². The molecule has 0 bridgehead atoms. The molecule has 2 aromatic rings. The first-order chi connectivity index (χ1) is 11.9. The molecule has 1 aliphatic rings. The van der Waals surface area contributed by atoms with Gasteiger partial charge in [0.15, 0.2) is 0 Å². The molecule has 3 rings (SSSR count). The molecule has 1 aliphatic heterocycles. The summed E-state index contributed by atoms with van der Waals surface area (Å²) >= 11 is 0. The maximum absolute atomic E-state index is 12.8. The molecule has 1 aromatic heterocycles. The Bertz CT molecular complexity index is 853. The number of anilines is 1. The van der Waals surface area contributed by atoms with Gasteiger partial charge < -0.3 is 4.90 Å². The van der Waals surface area contributed by atoms with Crippen molar-refractivity contribution in [1.29, 1.82) is 0 Å². The molecule has 2 heterocycles. The summed E-state index contributed by atoms with van der Waals surface area (Å²) in [4.78, 5) is 18.4. The number of nitrogens with zero attached hydrogens (tertiary/aromatic N) is 3. The van der Waals surface area contributed by atoms with Gasteiger partial charge in [0.1, 0.15) is 0 Å². The highest BCUT2D eigenvalue weighted by atomic mass is 32.2. The maximum Gasteiger partial charge on any atom is 0.242 e. The first kappa shape index (κ1) is 17.6. The topological polar surface area (TPSA) is 70.6 Å². The number of hydrogen-bond acceptors (Lipinski definition) is 4. The van der Waals surface area contributed by atoms with Crippen LogP contribution >= 0.6 is 0 Å². The molecule has 6 nitrogen and oxygen atoms in total. The van der Waals surface area contributed by atoms with Crippen LogP contribution in [0, 0.1) is 0 Å². The van der Waals surface area contributed by atoms with E-state index < -0.39 is 10.0 Å². The minimum absolute atomic E-state index is 0.155. The first-order valence-corrected chi connectivity index (χ1v) is 10.0. The van der Waals surface area contributed by atoms with Crippen LogP contribution in [0.1, 0.15) is 17.5 Å². The third-order valence-electron chi connectivity index (χ3n) is 4.30. The van der Waals surface area contributed by atoms with Gasteiger partial charge in [0.2, 0.25) is 15.9 Å². The summed E-state index contributed by atoms with van der Waals surface area (Å²) < 4.78 is 25.5. The highest BCUT2D eigenvalue weighted by Crippen LogP contribution is 2.27. The molecule has 1 amide bonds.